The molecule has 3 aliphatic rings. The van der Waals surface area contributed by atoms with Crippen molar-refractivity contribution in [1.29, 1.82) is 0 Å². The molecular weight excluding hydrogens is 312 g/mol. The van der Waals surface area contributed by atoms with Crippen LogP contribution in [0.15, 0.2) is 18.2 Å². The Hall–Kier alpha value is -1.26. The highest BCUT2D eigenvalue weighted by molar-refractivity contribution is 6.32. The zero-order valence-corrected chi connectivity index (χ0v) is 13.9. The Morgan fingerprint density at radius 2 is 2.04 bits per heavy atom. The fourth-order valence-electron chi connectivity index (χ4n) is 4.39. The molecule has 0 saturated carbocycles. The molecule has 4 nitrogen and oxygen atoms in total. The first-order chi connectivity index (χ1) is 11.2. The Balaban J connectivity index is 1.39. The number of halogens is 1. The maximum Gasteiger partial charge on any atom is 0.220 e. The molecule has 1 amide bonds. The van der Waals surface area contributed by atoms with Crippen molar-refractivity contribution in [1.82, 2.24) is 10.6 Å². The molecule has 3 aliphatic heterocycles. The quantitative estimate of drug-likeness (QED) is 0.892. The molecule has 23 heavy (non-hydrogen) atoms. The zero-order valence-electron chi connectivity index (χ0n) is 13.2. The second kappa shape index (κ2) is 6.33. The molecule has 0 radical (unpaired) electrons. The van der Waals surface area contributed by atoms with E-state index in [0.29, 0.717) is 36.1 Å². The number of amides is 1. The third-order valence-electron chi connectivity index (χ3n) is 5.41. The number of carbonyl (C=O) groups excluding carboxylic acids is 1. The monoisotopic (exact) mass is 334 g/mol. The minimum absolute atomic E-state index is 0.0170. The van der Waals surface area contributed by atoms with Gasteiger partial charge in [-0.3, -0.25) is 4.79 Å². The lowest BCUT2D eigenvalue weighted by Crippen LogP contribution is -2.40. The van der Waals surface area contributed by atoms with Gasteiger partial charge in [-0.15, -0.1) is 0 Å². The van der Waals surface area contributed by atoms with Crippen LogP contribution in [-0.2, 0) is 4.79 Å². The molecule has 1 aromatic rings. The van der Waals surface area contributed by atoms with E-state index in [0.717, 1.165) is 30.6 Å². The lowest BCUT2D eigenvalue weighted by atomic mass is 9.89. The third kappa shape index (κ3) is 3.20. The third-order valence-corrected chi connectivity index (χ3v) is 5.70. The smallest absolute Gasteiger partial charge is 0.220 e. The highest BCUT2D eigenvalue weighted by Crippen LogP contribution is 2.38. The summed E-state index contributed by atoms with van der Waals surface area (Å²) in [6.45, 7) is 0.596. The summed E-state index contributed by atoms with van der Waals surface area (Å²) >= 11 is 6.19. The first-order valence-corrected chi connectivity index (χ1v) is 9.03. The van der Waals surface area contributed by atoms with E-state index in [4.69, 9.17) is 16.3 Å². The van der Waals surface area contributed by atoms with Gasteiger partial charge in [0.2, 0.25) is 5.91 Å². The number of hydrogen-bond donors (Lipinski definition) is 2. The number of ether oxygens (including phenoxy) is 1. The highest BCUT2D eigenvalue weighted by Gasteiger charge is 2.34. The fourth-order valence-corrected chi connectivity index (χ4v) is 4.63. The van der Waals surface area contributed by atoms with Gasteiger partial charge in [-0.05, 0) is 37.7 Å². The molecule has 3 atom stereocenters. The largest absolute Gasteiger partial charge is 0.492 e. The van der Waals surface area contributed by atoms with Gasteiger partial charge in [0.1, 0.15) is 5.75 Å². The SMILES string of the molecule is O=C(CC1CC2CCC(C1)N2)NC1CCOc2c(Cl)cccc21. The Bertz CT molecular complexity index is 595. The molecular formula is C18H23ClN2O2. The summed E-state index contributed by atoms with van der Waals surface area (Å²) in [4.78, 5) is 12.5. The van der Waals surface area contributed by atoms with Crippen molar-refractivity contribution in [2.45, 2.75) is 56.7 Å². The molecule has 0 aromatic heterocycles. The van der Waals surface area contributed by atoms with Crippen molar-refractivity contribution in [2.24, 2.45) is 5.92 Å². The van der Waals surface area contributed by atoms with Gasteiger partial charge in [0.15, 0.2) is 0 Å². The second-order valence-electron chi connectivity index (χ2n) is 7.09. The summed E-state index contributed by atoms with van der Waals surface area (Å²) in [7, 11) is 0. The molecule has 3 heterocycles. The van der Waals surface area contributed by atoms with Gasteiger partial charge in [0.25, 0.3) is 0 Å². The molecule has 1 aromatic carbocycles. The second-order valence-corrected chi connectivity index (χ2v) is 7.50. The summed E-state index contributed by atoms with van der Waals surface area (Å²) in [5.41, 5.74) is 1.00. The first-order valence-electron chi connectivity index (χ1n) is 8.65. The first kappa shape index (κ1) is 15.3. The summed E-state index contributed by atoms with van der Waals surface area (Å²) in [5, 5.41) is 7.45. The molecule has 2 N–H and O–H groups in total. The van der Waals surface area contributed by atoms with Gasteiger partial charge < -0.3 is 15.4 Å². The van der Waals surface area contributed by atoms with Crippen molar-refractivity contribution in [2.75, 3.05) is 6.61 Å². The van der Waals surface area contributed by atoms with Crippen molar-refractivity contribution < 1.29 is 9.53 Å². The van der Waals surface area contributed by atoms with E-state index in [1.165, 1.54) is 12.8 Å². The van der Waals surface area contributed by atoms with Crippen LogP contribution in [0.25, 0.3) is 0 Å². The van der Waals surface area contributed by atoms with Crippen LogP contribution < -0.4 is 15.4 Å². The molecule has 4 rings (SSSR count). The Morgan fingerprint density at radius 1 is 1.26 bits per heavy atom. The number of rotatable bonds is 3. The average Bonchev–Trinajstić information content (AvgIpc) is 2.87. The van der Waals surface area contributed by atoms with E-state index in [9.17, 15) is 4.79 Å². The molecule has 2 saturated heterocycles. The summed E-state index contributed by atoms with van der Waals surface area (Å²) in [6, 6.07) is 7.03. The molecule has 2 fully saturated rings. The van der Waals surface area contributed by atoms with Gasteiger partial charge in [-0.25, -0.2) is 0 Å². The molecule has 3 unspecified atom stereocenters. The molecule has 5 heteroatoms. The van der Waals surface area contributed by atoms with Crippen LogP contribution >= 0.6 is 11.6 Å². The average molecular weight is 335 g/mol. The van der Waals surface area contributed by atoms with E-state index in [1.54, 1.807) is 0 Å². The lowest BCUT2D eigenvalue weighted by molar-refractivity contribution is -0.123. The van der Waals surface area contributed by atoms with Crippen LogP contribution in [0.4, 0.5) is 0 Å². The Morgan fingerprint density at radius 3 is 2.83 bits per heavy atom. The van der Waals surface area contributed by atoms with E-state index in [-0.39, 0.29) is 11.9 Å². The number of benzene rings is 1. The van der Waals surface area contributed by atoms with Gasteiger partial charge in [0, 0.05) is 30.5 Å². The van der Waals surface area contributed by atoms with Crippen molar-refractivity contribution in [3.63, 3.8) is 0 Å². The van der Waals surface area contributed by atoms with E-state index >= 15 is 0 Å². The van der Waals surface area contributed by atoms with Crippen molar-refractivity contribution in [3.05, 3.63) is 28.8 Å². The number of hydrogen-bond acceptors (Lipinski definition) is 3. The van der Waals surface area contributed by atoms with Crippen LogP contribution in [0.2, 0.25) is 5.02 Å². The van der Waals surface area contributed by atoms with Crippen LogP contribution in [0.1, 0.15) is 50.1 Å². The maximum absolute atomic E-state index is 12.5. The van der Waals surface area contributed by atoms with Gasteiger partial charge in [-0.1, -0.05) is 23.7 Å². The van der Waals surface area contributed by atoms with E-state index in [2.05, 4.69) is 10.6 Å². The highest BCUT2D eigenvalue weighted by atomic mass is 35.5. The van der Waals surface area contributed by atoms with Crippen LogP contribution in [0, 0.1) is 5.92 Å². The van der Waals surface area contributed by atoms with Gasteiger partial charge >= 0.3 is 0 Å². The summed E-state index contributed by atoms with van der Waals surface area (Å²) in [6.07, 6.45) is 6.27. The predicted molar refractivity (Wildman–Crippen MR) is 89.7 cm³/mol. The number of carbonyl (C=O) groups is 1. The molecule has 124 valence electrons. The fraction of sp³-hybridized carbons (Fsp3) is 0.611. The Kier molecular flexibility index (Phi) is 4.20. The lowest BCUT2D eigenvalue weighted by Gasteiger charge is -2.30. The van der Waals surface area contributed by atoms with Gasteiger partial charge in [0.05, 0.1) is 17.7 Å². The van der Waals surface area contributed by atoms with Crippen LogP contribution in [-0.4, -0.2) is 24.6 Å². The standard InChI is InChI=1S/C18H23ClN2O2/c19-15-3-1-2-14-16(6-7-23-18(14)15)21-17(22)10-11-8-12-4-5-13(9-11)20-12/h1-3,11-13,16,20H,4-10H2,(H,21,22). The molecule has 0 aliphatic carbocycles. The summed E-state index contributed by atoms with van der Waals surface area (Å²) in [5.74, 6) is 1.41. The topological polar surface area (TPSA) is 50.4 Å². The normalized spacial score (nSPS) is 32.0. The van der Waals surface area contributed by atoms with Crippen molar-refractivity contribution in [3.8, 4) is 5.75 Å². The van der Waals surface area contributed by atoms with Gasteiger partial charge in [-0.2, -0.15) is 0 Å². The minimum Gasteiger partial charge on any atom is -0.492 e. The minimum atomic E-state index is 0.0170. The maximum atomic E-state index is 12.5. The number of para-hydroxylation sites is 1. The predicted octanol–water partition coefficient (Wildman–Crippen LogP) is 3.20. The van der Waals surface area contributed by atoms with E-state index < -0.39 is 0 Å². The number of fused-ring (bicyclic) bond motifs is 3. The molecule has 2 bridgehead atoms. The number of piperidine rings is 1. The number of nitrogens with one attached hydrogen (secondary N) is 2. The molecule has 0 spiro atoms. The van der Waals surface area contributed by atoms with Crippen molar-refractivity contribution >= 4 is 17.5 Å². The zero-order chi connectivity index (χ0) is 15.8. The summed E-state index contributed by atoms with van der Waals surface area (Å²) < 4.78 is 5.66. The van der Waals surface area contributed by atoms with E-state index in [1.807, 2.05) is 18.2 Å². The van der Waals surface area contributed by atoms with Crippen LogP contribution in [0.3, 0.4) is 0 Å². The Labute approximate surface area is 141 Å². The van der Waals surface area contributed by atoms with Crippen LogP contribution in [0.5, 0.6) is 5.75 Å².